The van der Waals surface area contributed by atoms with Crippen LogP contribution in [0.3, 0.4) is 0 Å². The summed E-state index contributed by atoms with van der Waals surface area (Å²) >= 11 is 0. The molecule has 0 saturated heterocycles. The fraction of sp³-hybridized carbons (Fsp3) is 0.533. The van der Waals surface area contributed by atoms with Gasteiger partial charge in [-0.15, -0.1) is 0 Å². The number of benzene rings is 1. The standard InChI is InChI=1S/C15H22N2O4S/c1-10-3-5-11(6-4-10)17-14-8-7-12(22(16,19)20)9-13(14)15(18)21-2/h7-11,17H,3-6H2,1-2H3,(H2,16,19,20). The van der Waals surface area contributed by atoms with Crippen molar-refractivity contribution in [2.45, 2.75) is 43.5 Å². The van der Waals surface area contributed by atoms with Gasteiger partial charge in [-0.1, -0.05) is 6.92 Å². The van der Waals surface area contributed by atoms with E-state index in [2.05, 4.69) is 12.2 Å². The topological polar surface area (TPSA) is 98.5 Å². The first-order valence-electron chi connectivity index (χ1n) is 7.33. The second-order valence-corrected chi connectivity index (χ2v) is 7.41. The first-order valence-corrected chi connectivity index (χ1v) is 8.87. The number of sulfonamides is 1. The van der Waals surface area contributed by atoms with E-state index in [1.807, 2.05) is 0 Å². The van der Waals surface area contributed by atoms with Gasteiger partial charge < -0.3 is 10.1 Å². The molecule has 1 aromatic carbocycles. The largest absolute Gasteiger partial charge is 0.465 e. The van der Waals surface area contributed by atoms with E-state index in [-0.39, 0.29) is 16.5 Å². The summed E-state index contributed by atoms with van der Waals surface area (Å²) in [4.78, 5) is 11.8. The molecule has 0 unspecified atom stereocenters. The first-order chi connectivity index (χ1) is 10.3. The second kappa shape index (κ2) is 6.66. The molecule has 0 bridgehead atoms. The van der Waals surface area contributed by atoms with Crippen LogP contribution in [0.5, 0.6) is 0 Å². The van der Waals surface area contributed by atoms with Gasteiger partial charge in [-0.2, -0.15) is 0 Å². The molecule has 7 heteroatoms. The number of carbonyl (C=O) groups excluding carboxylic acids is 1. The van der Waals surface area contributed by atoms with Crippen LogP contribution < -0.4 is 10.5 Å². The highest BCUT2D eigenvalue weighted by molar-refractivity contribution is 7.89. The zero-order valence-corrected chi connectivity index (χ0v) is 13.7. The SMILES string of the molecule is COC(=O)c1cc(S(N)(=O)=O)ccc1NC1CCC(C)CC1. The molecule has 0 amide bonds. The third-order valence-corrected chi connectivity index (χ3v) is 5.01. The molecule has 1 fully saturated rings. The van der Waals surface area contributed by atoms with Crippen LogP contribution in [0.25, 0.3) is 0 Å². The molecule has 0 atom stereocenters. The predicted octanol–water partition coefficient (Wildman–Crippen LogP) is 2.11. The molecule has 1 aliphatic rings. The number of primary sulfonamides is 1. The van der Waals surface area contributed by atoms with Gasteiger partial charge in [-0.25, -0.2) is 18.4 Å². The number of carbonyl (C=O) groups is 1. The first kappa shape index (κ1) is 16.8. The average Bonchev–Trinajstić information content (AvgIpc) is 2.48. The van der Waals surface area contributed by atoms with Crippen molar-refractivity contribution in [2.24, 2.45) is 11.1 Å². The molecular weight excluding hydrogens is 304 g/mol. The number of anilines is 1. The van der Waals surface area contributed by atoms with Crippen LogP contribution in [0.2, 0.25) is 0 Å². The van der Waals surface area contributed by atoms with E-state index in [4.69, 9.17) is 9.88 Å². The van der Waals surface area contributed by atoms with E-state index in [0.717, 1.165) is 31.6 Å². The molecule has 0 aromatic heterocycles. The highest BCUT2D eigenvalue weighted by Gasteiger charge is 2.22. The minimum absolute atomic E-state index is 0.101. The fourth-order valence-electron chi connectivity index (χ4n) is 2.73. The zero-order chi connectivity index (χ0) is 16.3. The van der Waals surface area contributed by atoms with Gasteiger partial charge in [0.05, 0.1) is 17.6 Å². The van der Waals surface area contributed by atoms with E-state index in [1.165, 1.54) is 19.2 Å². The van der Waals surface area contributed by atoms with Crippen molar-refractivity contribution in [1.82, 2.24) is 0 Å². The number of nitrogens with two attached hydrogens (primary N) is 1. The maximum absolute atomic E-state index is 11.9. The quantitative estimate of drug-likeness (QED) is 0.826. The summed E-state index contributed by atoms with van der Waals surface area (Å²) in [5.41, 5.74) is 0.770. The van der Waals surface area contributed by atoms with Crippen molar-refractivity contribution in [1.29, 1.82) is 0 Å². The summed E-state index contributed by atoms with van der Waals surface area (Å²) in [7, 11) is -2.60. The lowest BCUT2D eigenvalue weighted by Gasteiger charge is -2.28. The van der Waals surface area contributed by atoms with Crippen LogP contribution in [0, 0.1) is 5.92 Å². The Kier molecular flexibility index (Phi) is 5.08. The number of hydrogen-bond donors (Lipinski definition) is 2. The molecule has 1 aliphatic carbocycles. The van der Waals surface area contributed by atoms with Gasteiger partial charge in [-0.3, -0.25) is 0 Å². The molecule has 122 valence electrons. The summed E-state index contributed by atoms with van der Waals surface area (Å²) in [5, 5.41) is 8.44. The highest BCUT2D eigenvalue weighted by atomic mass is 32.2. The monoisotopic (exact) mass is 326 g/mol. The smallest absolute Gasteiger partial charge is 0.340 e. The van der Waals surface area contributed by atoms with Crippen LogP contribution in [0.15, 0.2) is 23.1 Å². The van der Waals surface area contributed by atoms with Crippen molar-refractivity contribution in [3.8, 4) is 0 Å². The molecule has 0 radical (unpaired) electrons. The van der Waals surface area contributed by atoms with Gasteiger partial charge in [0.25, 0.3) is 0 Å². The predicted molar refractivity (Wildman–Crippen MR) is 84.2 cm³/mol. The third kappa shape index (κ3) is 3.98. The minimum atomic E-state index is -3.86. The van der Waals surface area contributed by atoms with Crippen molar-refractivity contribution < 1.29 is 17.9 Å². The molecule has 2 rings (SSSR count). The summed E-state index contributed by atoms with van der Waals surface area (Å²) in [6.07, 6.45) is 4.33. The van der Waals surface area contributed by atoms with Gasteiger partial charge in [0.1, 0.15) is 0 Å². The summed E-state index contributed by atoms with van der Waals surface area (Å²) in [6, 6.07) is 4.51. The zero-order valence-electron chi connectivity index (χ0n) is 12.8. The molecule has 6 nitrogen and oxygen atoms in total. The van der Waals surface area contributed by atoms with Crippen LogP contribution in [-0.4, -0.2) is 27.5 Å². The van der Waals surface area contributed by atoms with Crippen molar-refractivity contribution in [2.75, 3.05) is 12.4 Å². The molecule has 0 aliphatic heterocycles. The Labute approximate surface area is 131 Å². The van der Waals surface area contributed by atoms with Gasteiger partial charge in [0.2, 0.25) is 10.0 Å². The Morgan fingerprint density at radius 1 is 1.27 bits per heavy atom. The fourth-order valence-corrected chi connectivity index (χ4v) is 3.27. The number of nitrogens with one attached hydrogen (secondary N) is 1. The van der Waals surface area contributed by atoms with E-state index < -0.39 is 16.0 Å². The van der Waals surface area contributed by atoms with E-state index in [0.29, 0.717) is 5.69 Å². The minimum Gasteiger partial charge on any atom is -0.465 e. The van der Waals surface area contributed by atoms with Gasteiger partial charge >= 0.3 is 5.97 Å². The number of rotatable bonds is 4. The van der Waals surface area contributed by atoms with E-state index in [9.17, 15) is 13.2 Å². The van der Waals surface area contributed by atoms with Crippen molar-refractivity contribution in [3.63, 3.8) is 0 Å². The number of ether oxygens (including phenoxy) is 1. The van der Waals surface area contributed by atoms with E-state index in [1.54, 1.807) is 6.07 Å². The number of methoxy groups -OCH3 is 1. The van der Waals surface area contributed by atoms with Crippen molar-refractivity contribution >= 4 is 21.7 Å². The van der Waals surface area contributed by atoms with Crippen LogP contribution in [0.4, 0.5) is 5.69 Å². The molecular formula is C15H22N2O4S. The molecule has 0 spiro atoms. The Morgan fingerprint density at radius 3 is 2.45 bits per heavy atom. The van der Waals surface area contributed by atoms with Gasteiger partial charge in [-0.05, 0) is 49.8 Å². The molecule has 1 saturated carbocycles. The Bertz CT molecular complexity index is 650. The Balaban J connectivity index is 2.28. The molecule has 1 aromatic rings. The number of esters is 1. The second-order valence-electron chi connectivity index (χ2n) is 5.85. The maximum Gasteiger partial charge on any atom is 0.340 e. The highest BCUT2D eigenvalue weighted by Crippen LogP contribution is 2.28. The Hall–Kier alpha value is -1.60. The molecule has 0 heterocycles. The van der Waals surface area contributed by atoms with Gasteiger partial charge in [0, 0.05) is 11.7 Å². The lowest BCUT2D eigenvalue weighted by Crippen LogP contribution is -2.26. The van der Waals surface area contributed by atoms with Crippen LogP contribution in [0.1, 0.15) is 43.0 Å². The summed E-state index contributed by atoms with van der Waals surface area (Å²) < 4.78 is 27.6. The lowest BCUT2D eigenvalue weighted by atomic mass is 9.87. The molecule has 3 N–H and O–H groups in total. The maximum atomic E-state index is 11.9. The summed E-state index contributed by atoms with van der Waals surface area (Å²) in [6.45, 7) is 2.23. The van der Waals surface area contributed by atoms with Crippen LogP contribution in [-0.2, 0) is 14.8 Å². The lowest BCUT2D eigenvalue weighted by molar-refractivity contribution is 0.0601. The van der Waals surface area contributed by atoms with Gasteiger partial charge in [0.15, 0.2) is 0 Å². The average molecular weight is 326 g/mol. The normalized spacial score (nSPS) is 22.1. The Morgan fingerprint density at radius 2 is 1.91 bits per heavy atom. The van der Waals surface area contributed by atoms with E-state index >= 15 is 0 Å². The van der Waals surface area contributed by atoms with Crippen LogP contribution >= 0.6 is 0 Å². The molecule has 22 heavy (non-hydrogen) atoms. The number of hydrogen-bond acceptors (Lipinski definition) is 5. The van der Waals surface area contributed by atoms with Crippen molar-refractivity contribution in [3.05, 3.63) is 23.8 Å². The summed E-state index contributed by atoms with van der Waals surface area (Å²) in [5.74, 6) is 0.139. The third-order valence-electron chi connectivity index (χ3n) is 4.10.